The zero-order valence-corrected chi connectivity index (χ0v) is 12.3. The van der Waals surface area contributed by atoms with E-state index < -0.39 is 0 Å². The third-order valence-electron chi connectivity index (χ3n) is 2.94. The van der Waals surface area contributed by atoms with Crippen LogP contribution in [0.15, 0.2) is 59.1 Å². The molecular formula is C15H12N4O2S. The van der Waals surface area contributed by atoms with Crippen LogP contribution in [0.5, 0.6) is 0 Å². The van der Waals surface area contributed by atoms with Crippen molar-refractivity contribution < 1.29 is 4.79 Å². The number of carbonyl (C=O) groups is 1. The lowest BCUT2D eigenvalue weighted by molar-refractivity contribution is -0.116. The summed E-state index contributed by atoms with van der Waals surface area (Å²) in [6.07, 6.45) is 2.98. The molecule has 22 heavy (non-hydrogen) atoms. The predicted molar refractivity (Wildman–Crippen MR) is 84.7 cm³/mol. The number of carbonyl (C=O) groups excluding carboxylic acids is 1. The van der Waals surface area contributed by atoms with Crippen LogP contribution in [0.4, 0.5) is 5.13 Å². The van der Waals surface area contributed by atoms with E-state index in [4.69, 9.17) is 0 Å². The van der Waals surface area contributed by atoms with E-state index in [1.807, 2.05) is 30.3 Å². The fraction of sp³-hybridized carbons (Fsp3) is 0.0667. The van der Waals surface area contributed by atoms with Gasteiger partial charge in [0.1, 0.15) is 6.54 Å². The van der Waals surface area contributed by atoms with Crippen LogP contribution in [0.2, 0.25) is 0 Å². The van der Waals surface area contributed by atoms with E-state index in [2.05, 4.69) is 15.3 Å². The molecule has 3 rings (SSSR count). The van der Waals surface area contributed by atoms with Crippen LogP contribution in [-0.4, -0.2) is 20.4 Å². The zero-order chi connectivity index (χ0) is 15.4. The van der Waals surface area contributed by atoms with Gasteiger partial charge in [0, 0.05) is 23.2 Å². The Morgan fingerprint density at radius 2 is 2.05 bits per heavy atom. The molecule has 0 bridgehead atoms. The largest absolute Gasteiger partial charge is 0.300 e. The van der Waals surface area contributed by atoms with Gasteiger partial charge >= 0.3 is 0 Å². The molecule has 6 nitrogen and oxygen atoms in total. The van der Waals surface area contributed by atoms with Crippen molar-refractivity contribution in [2.24, 2.45) is 0 Å². The van der Waals surface area contributed by atoms with Gasteiger partial charge < -0.3 is 5.32 Å². The van der Waals surface area contributed by atoms with Crippen molar-refractivity contribution in [3.63, 3.8) is 0 Å². The fourth-order valence-electron chi connectivity index (χ4n) is 1.91. The van der Waals surface area contributed by atoms with Crippen molar-refractivity contribution in [1.29, 1.82) is 0 Å². The van der Waals surface area contributed by atoms with Gasteiger partial charge in [-0.25, -0.2) is 9.97 Å². The minimum absolute atomic E-state index is 0.0967. The molecular weight excluding hydrogens is 300 g/mol. The molecule has 7 heteroatoms. The monoisotopic (exact) mass is 312 g/mol. The highest BCUT2D eigenvalue weighted by molar-refractivity contribution is 7.13. The molecule has 1 N–H and O–H groups in total. The minimum atomic E-state index is -0.314. The Balaban J connectivity index is 1.75. The van der Waals surface area contributed by atoms with E-state index in [-0.39, 0.29) is 18.0 Å². The molecule has 1 aromatic carbocycles. The summed E-state index contributed by atoms with van der Waals surface area (Å²) in [6, 6.07) is 10.8. The number of hydrogen-bond donors (Lipinski definition) is 1. The first-order valence-electron chi connectivity index (χ1n) is 6.53. The summed E-state index contributed by atoms with van der Waals surface area (Å²) in [7, 11) is 0. The summed E-state index contributed by atoms with van der Waals surface area (Å²) in [6.45, 7) is -0.0967. The Labute approximate surface area is 130 Å². The standard InChI is InChI=1S/C15H12N4O2S/c20-13(18-15-16-6-7-22-15)9-19-10-17-12(8-14(19)21)11-4-2-1-3-5-11/h1-8,10H,9H2,(H,16,18,20). The first-order valence-corrected chi connectivity index (χ1v) is 7.41. The molecule has 0 unspecified atom stereocenters. The molecule has 2 aromatic heterocycles. The second-order valence-electron chi connectivity index (χ2n) is 4.49. The maximum Gasteiger partial charge on any atom is 0.254 e. The SMILES string of the molecule is O=C(Cn1cnc(-c2ccccc2)cc1=O)Nc1nccs1. The van der Waals surface area contributed by atoms with Crippen LogP contribution in [0, 0.1) is 0 Å². The average molecular weight is 312 g/mol. The van der Waals surface area contributed by atoms with Crippen LogP contribution in [0.1, 0.15) is 0 Å². The molecule has 3 aromatic rings. The lowest BCUT2D eigenvalue weighted by atomic mass is 10.1. The summed E-state index contributed by atoms with van der Waals surface area (Å²) in [4.78, 5) is 32.1. The van der Waals surface area contributed by atoms with E-state index in [1.54, 1.807) is 11.6 Å². The van der Waals surface area contributed by atoms with Gasteiger partial charge in [-0.2, -0.15) is 0 Å². The summed E-state index contributed by atoms with van der Waals surface area (Å²) < 4.78 is 1.26. The third kappa shape index (κ3) is 3.26. The summed E-state index contributed by atoms with van der Waals surface area (Å²) in [5.74, 6) is -0.314. The quantitative estimate of drug-likeness (QED) is 0.799. The Hall–Kier alpha value is -2.80. The molecule has 0 aliphatic heterocycles. The maximum atomic E-state index is 12.1. The highest BCUT2D eigenvalue weighted by Gasteiger charge is 2.08. The summed E-state index contributed by atoms with van der Waals surface area (Å²) in [5.41, 5.74) is 1.17. The number of nitrogens with zero attached hydrogens (tertiary/aromatic N) is 3. The molecule has 0 aliphatic carbocycles. The van der Waals surface area contributed by atoms with Gasteiger partial charge in [0.05, 0.1) is 12.0 Å². The molecule has 110 valence electrons. The Bertz CT molecular complexity index is 828. The molecule has 0 fully saturated rings. The van der Waals surface area contributed by atoms with Crippen LogP contribution in [-0.2, 0) is 11.3 Å². The number of hydrogen-bond acceptors (Lipinski definition) is 5. The Morgan fingerprint density at radius 1 is 1.23 bits per heavy atom. The third-order valence-corrected chi connectivity index (χ3v) is 3.63. The second-order valence-corrected chi connectivity index (χ2v) is 5.39. The molecule has 0 spiro atoms. The van der Waals surface area contributed by atoms with Crippen LogP contribution < -0.4 is 10.9 Å². The highest BCUT2D eigenvalue weighted by Crippen LogP contribution is 2.13. The highest BCUT2D eigenvalue weighted by atomic mass is 32.1. The van der Waals surface area contributed by atoms with Gasteiger partial charge in [0.2, 0.25) is 5.91 Å². The van der Waals surface area contributed by atoms with Gasteiger partial charge in [0.25, 0.3) is 5.56 Å². The van der Waals surface area contributed by atoms with Crippen molar-refractivity contribution in [3.05, 3.63) is 64.7 Å². The number of thiazole rings is 1. The lowest BCUT2D eigenvalue weighted by Crippen LogP contribution is -2.27. The van der Waals surface area contributed by atoms with Crippen molar-refractivity contribution in [3.8, 4) is 11.3 Å². The molecule has 0 saturated carbocycles. The molecule has 0 atom stereocenters. The molecule has 0 saturated heterocycles. The van der Waals surface area contributed by atoms with E-state index in [9.17, 15) is 9.59 Å². The lowest BCUT2D eigenvalue weighted by Gasteiger charge is -2.06. The number of nitrogens with one attached hydrogen (secondary N) is 1. The van der Waals surface area contributed by atoms with E-state index in [0.29, 0.717) is 10.8 Å². The van der Waals surface area contributed by atoms with Gasteiger partial charge in [0.15, 0.2) is 5.13 Å². The van der Waals surface area contributed by atoms with Crippen LogP contribution >= 0.6 is 11.3 Å². The van der Waals surface area contributed by atoms with E-state index in [1.165, 1.54) is 28.3 Å². The maximum absolute atomic E-state index is 12.1. The fourth-order valence-corrected chi connectivity index (χ4v) is 2.46. The van der Waals surface area contributed by atoms with Gasteiger partial charge in [-0.3, -0.25) is 14.2 Å². The summed E-state index contributed by atoms with van der Waals surface area (Å²) >= 11 is 1.32. The smallest absolute Gasteiger partial charge is 0.254 e. The van der Waals surface area contributed by atoms with Crippen molar-refractivity contribution in [2.75, 3.05) is 5.32 Å². The van der Waals surface area contributed by atoms with E-state index in [0.717, 1.165) is 5.56 Å². The van der Waals surface area contributed by atoms with Crippen LogP contribution in [0.25, 0.3) is 11.3 Å². The van der Waals surface area contributed by atoms with Gasteiger partial charge in [-0.05, 0) is 0 Å². The number of aromatic nitrogens is 3. The second kappa shape index (κ2) is 6.31. The minimum Gasteiger partial charge on any atom is -0.300 e. The van der Waals surface area contributed by atoms with Gasteiger partial charge in [-0.1, -0.05) is 30.3 Å². The van der Waals surface area contributed by atoms with Crippen LogP contribution in [0.3, 0.4) is 0 Å². The zero-order valence-electron chi connectivity index (χ0n) is 11.5. The van der Waals surface area contributed by atoms with E-state index >= 15 is 0 Å². The molecule has 0 radical (unpaired) electrons. The topological polar surface area (TPSA) is 76.9 Å². The number of anilines is 1. The number of benzene rings is 1. The first kappa shape index (κ1) is 14.2. The normalized spacial score (nSPS) is 10.4. The Morgan fingerprint density at radius 3 is 2.73 bits per heavy atom. The molecule has 1 amide bonds. The number of amides is 1. The molecule has 0 aliphatic rings. The van der Waals surface area contributed by atoms with Crippen molar-refractivity contribution >= 4 is 22.4 Å². The number of rotatable bonds is 4. The predicted octanol–water partition coefficient (Wildman–Crippen LogP) is 2.01. The average Bonchev–Trinajstić information content (AvgIpc) is 3.03. The van der Waals surface area contributed by atoms with Crippen molar-refractivity contribution in [2.45, 2.75) is 6.54 Å². The van der Waals surface area contributed by atoms with Crippen molar-refractivity contribution in [1.82, 2.24) is 14.5 Å². The first-order chi connectivity index (χ1) is 10.7. The molecule has 2 heterocycles. The Kier molecular flexibility index (Phi) is 4.06. The van der Waals surface area contributed by atoms with Gasteiger partial charge in [-0.15, -0.1) is 11.3 Å². The summed E-state index contributed by atoms with van der Waals surface area (Å²) in [5, 5.41) is 4.89.